The maximum absolute atomic E-state index is 13.2. The molecule has 6 heteroatoms. The van der Waals surface area contributed by atoms with Crippen LogP contribution in [0.25, 0.3) is 10.6 Å². The molecule has 29 heavy (non-hydrogen) atoms. The zero-order chi connectivity index (χ0) is 20.4. The molecule has 1 fully saturated rings. The first-order chi connectivity index (χ1) is 14.0. The molecule has 0 bridgehead atoms. The quantitative estimate of drug-likeness (QED) is 0.655. The summed E-state index contributed by atoms with van der Waals surface area (Å²) < 4.78 is 15.4. The minimum absolute atomic E-state index is 0.00105. The van der Waals surface area contributed by atoms with Crippen molar-refractivity contribution in [2.24, 2.45) is 0 Å². The molecule has 1 amide bonds. The Labute approximate surface area is 175 Å². The van der Waals surface area contributed by atoms with Gasteiger partial charge in [-0.1, -0.05) is 18.2 Å². The lowest BCUT2D eigenvalue weighted by molar-refractivity contribution is 0.0937. The molecular weight excluding hydrogens is 385 g/mol. The number of rotatable bonds is 6. The Morgan fingerprint density at radius 3 is 2.72 bits per heavy atom. The van der Waals surface area contributed by atoms with Gasteiger partial charge in [-0.25, -0.2) is 4.39 Å². The predicted octanol–water partition coefficient (Wildman–Crippen LogP) is 4.34. The van der Waals surface area contributed by atoms with Crippen LogP contribution in [-0.4, -0.2) is 41.6 Å². The summed E-state index contributed by atoms with van der Waals surface area (Å²) in [5.41, 5.74) is 3.85. The lowest BCUT2D eigenvalue weighted by Gasteiger charge is -2.14. The molecule has 4 rings (SSSR count). The van der Waals surface area contributed by atoms with Crippen molar-refractivity contribution in [1.82, 2.24) is 14.8 Å². The van der Waals surface area contributed by atoms with E-state index in [1.54, 1.807) is 11.3 Å². The number of amides is 1. The molecule has 3 heterocycles. The summed E-state index contributed by atoms with van der Waals surface area (Å²) in [6.45, 7) is 4.67. The van der Waals surface area contributed by atoms with Crippen molar-refractivity contribution in [1.29, 1.82) is 0 Å². The number of carbonyl (C=O) groups excluding carboxylic acids is 1. The van der Waals surface area contributed by atoms with Crippen molar-refractivity contribution in [2.75, 3.05) is 20.1 Å². The number of hydrogen-bond acceptors (Lipinski definition) is 3. The molecule has 4 nitrogen and oxygen atoms in total. The minimum atomic E-state index is -0.221. The van der Waals surface area contributed by atoms with Gasteiger partial charge in [0.2, 0.25) is 0 Å². The van der Waals surface area contributed by atoms with Crippen LogP contribution in [-0.2, 0) is 13.0 Å². The van der Waals surface area contributed by atoms with Gasteiger partial charge in [0, 0.05) is 24.8 Å². The first-order valence-electron chi connectivity index (χ1n) is 9.99. The summed E-state index contributed by atoms with van der Waals surface area (Å²) in [5.74, 6) is -0.220. The van der Waals surface area contributed by atoms with E-state index < -0.39 is 0 Å². The SMILES string of the molecule is Cc1c(C(=O)N[C@@H]2CCN(C)C2)cc(-c2cccs2)n1CCc1ccc(F)cc1. The Bertz CT molecular complexity index is 978. The van der Waals surface area contributed by atoms with Crippen molar-refractivity contribution < 1.29 is 9.18 Å². The fourth-order valence-corrected chi connectivity index (χ4v) is 4.75. The molecule has 1 aliphatic rings. The largest absolute Gasteiger partial charge is 0.348 e. The lowest BCUT2D eigenvalue weighted by atomic mass is 10.1. The van der Waals surface area contributed by atoms with Gasteiger partial charge in [0.25, 0.3) is 5.91 Å². The van der Waals surface area contributed by atoms with E-state index in [9.17, 15) is 9.18 Å². The van der Waals surface area contributed by atoms with Crippen molar-refractivity contribution in [2.45, 2.75) is 32.4 Å². The smallest absolute Gasteiger partial charge is 0.253 e. The Kier molecular flexibility index (Phi) is 5.83. The monoisotopic (exact) mass is 411 g/mol. The fraction of sp³-hybridized carbons (Fsp3) is 0.348. The van der Waals surface area contributed by atoms with Gasteiger partial charge in [0.15, 0.2) is 0 Å². The highest BCUT2D eigenvalue weighted by atomic mass is 32.1. The van der Waals surface area contributed by atoms with E-state index in [1.807, 2.05) is 31.2 Å². The highest BCUT2D eigenvalue weighted by Crippen LogP contribution is 2.30. The summed E-state index contributed by atoms with van der Waals surface area (Å²) in [7, 11) is 2.08. The Balaban J connectivity index is 1.58. The highest BCUT2D eigenvalue weighted by molar-refractivity contribution is 7.13. The summed E-state index contributed by atoms with van der Waals surface area (Å²) >= 11 is 1.67. The second-order valence-corrected chi connectivity index (χ2v) is 8.70. The molecule has 2 aromatic heterocycles. The van der Waals surface area contributed by atoms with E-state index >= 15 is 0 Å². The summed E-state index contributed by atoms with van der Waals surface area (Å²) in [5, 5.41) is 5.25. The number of halogens is 1. The van der Waals surface area contributed by atoms with Gasteiger partial charge in [0.1, 0.15) is 5.82 Å². The highest BCUT2D eigenvalue weighted by Gasteiger charge is 2.24. The number of hydrogen-bond donors (Lipinski definition) is 1. The zero-order valence-corrected chi connectivity index (χ0v) is 17.6. The summed E-state index contributed by atoms with van der Waals surface area (Å²) in [4.78, 5) is 16.4. The molecule has 0 saturated carbocycles. The molecule has 3 aromatic rings. The third-order valence-corrected chi connectivity index (χ3v) is 6.54. The van der Waals surface area contributed by atoms with E-state index in [0.29, 0.717) is 0 Å². The number of likely N-dealkylation sites (N-methyl/N-ethyl adjacent to an activating group) is 1. The molecule has 0 unspecified atom stereocenters. The average Bonchev–Trinajstić information content (AvgIpc) is 3.42. The predicted molar refractivity (Wildman–Crippen MR) is 116 cm³/mol. The maximum atomic E-state index is 13.2. The lowest BCUT2D eigenvalue weighted by Crippen LogP contribution is -2.36. The van der Waals surface area contributed by atoms with Gasteiger partial charge in [-0.05, 0) is 68.6 Å². The normalized spacial score (nSPS) is 17.0. The third-order valence-electron chi connectivity index (χ3n) is 5.65. The number of aromatic nitrogens is 1. The maximum Gasteiger partial charge on any atom is 0.253 e. The van der Waals surface area contributed by atoms with Gasteiger partial charge in [-0.2, -0.15) is 0 Å². The van der Waals surface area contributed by atoms with E-state index in [2.05, 4.69) is 33.3 Å². The van der Waals surface area contributed by atoms with Gasteiger partial charge >= 0.3 is 0 Å². The van der Waals surface area contributed by atoms with Crippen LogP contribution in [0.1, 0.15) is 28.0 Å². The van der Waals surface area contributed by atoms with Crippen molar-refractivity contribution in [3.05, 3.63) is 70.5 Å². The third kappa shape index (κ3) is 4.43. The molecule has 0 spiro atoms. The fourth-order valence-electron chi connectivity index (χ4n) is 4.00. The van der Waals surface area contributed by atoms with Crippen LogP contribution in [0.5, 0.6) is 0 Å². The topological polar surface area (TPSA) is 37.3 Å². The van der Waals surface area contributed by atoms with Gasteiger partial charge < -0.3 is 14.8 Å². The second kappa shape index (κ2) is 8.51. The van der Waals surface area contributed by atoms with Crippen LogP contribution in [0.15, 0.2) is 47.8 Å². The molecule has 0 aliphatic carbocycles. The number of aryl methyl sites for hydroxylation is 1. The number of nitrogens with zero attached hydrogens (tertiary/aromatic N) is 2. The second-order valence-electron chi connectivity index (χ2n) is 7.76. The number of likely N-dealkylation sites (tertiary alicyclic amines) is 1. The van der Waals surface area contributed by atoms with Crippen molar-refractivity contribution in [3.8, 4) is 10.6 Å². The number of thiophene rings is 1. The standard InChI is InChI=1S/C23H26FN3OS/c1-16-20(23(28)25-19-10-11-26(2)15-19)14-21(22-4-3-13-29-22)27(16)12-9-17-5-7-18(24)8-6-17/h3-8,13-14,19H,9-12,15H2,1-2H3,(H,25,28)/t19-/m1/s1. The van der Waals surface area contributed by atoms with Crippen LogP contribution in [0.4, 0.5) is 4.39 Å². The molecule has 0 radical (unpaired) electrons. The van der Waals surface area contributed by atoms with E-state index in [0.717, 1.165) is 59.9 Å². The van der Waals surface area contributed by atoms with Gasteiger partial charge in [-0.15, -0.1) is 11.3 Å². The van der Waals surface area contributed by atoms with Crippen molar-refractivity contribution >= 4 is 17.2 Å². The molecule has 1 atom stereocenters. The first-order valence-corrected chi connectivity index (χ1v) is 10.9. The van der Waals surface area contributed by atoms with Crippen LogP contribution in [0.3, 0.4) is 0 Å². The van der Waals surface area contributed by atoms with Crippen LogP contribution < -0.4 is 5.32 Å². The Hall–Kier alpha value is -2.44. The Morgan fingerprint density at radius 1 is 1.28 bits per heavy atom. The number of benzene rings is 1. The molecule has 1 aromatic carbocycles. The number of carbonyl (C=O) groups is 1. The molecule has 1 aliphatic heterocycles. The minimum Gasteiger partial charge on any atom is -0.348 e. The van der Waals surface area contributed by atoms with Crippen molar-refractivity contribution in [3.63, 3.8) is 0 Å². The van der Waals surface area contributed by atoms with Crippen LogP contribution in [0.2, 0.25) is 0 Å². The molecule has 152 valence electrons. The molecule has 1 saturated heterocycles. The van der Waals surface area contributed by atoms with Crippen LogP contribution >= 0.6 is 11.3 Å². The van der Waals surface area contributed by atoms with Crippen LogP contribution in [0, 0.1) is 12.7 Å². The first kappa shape index (κ1) is 19.9. The average molecular weight is 412 g/mol. The zero-order valence-electron chi connectivity index (χ0n) is 16.8. The molecular formula is C23H26FN3OS. The van der Waals surface area contributed by atoms with E-state index in [4.69, 9.17) is 0 Å². The van der Waals surface area contributed by atoms with Gasteiger partial charge in [-0.3, -0.25) is 4.79 Å². The van der Waals surface area contributed by atoms with Gasteiger partial charge in [0.05, 0.1) is 16.1 Å². The molecule has 1 N–H and O–H groups in total. The van der Waals surface area contributed by atoms with E-state index in [1.165, 1.54) is 12.1 Å². The Morgan fingerprint density at radius 2 is 2.07 bits per heavy atom. The number of nitrogens with one attached hydrogen (secondary N) is 1. The summed E-state index contributed by atoms with van der Waals surface area (Å²) in [6, 6.07) is 13.0. The van der Waals surface area contributed by atoms with E-state index in [-0.39, 0.29) is 17.8 Å². The summed E-state index contributed by atoms with van der Waals surface area (Å²) in [6.07, 6.45) is 1.77.